The normalized spacial score (nSPS) is 13.6. The Kier molecular flexibility index (Phi) is 5.26. The smallest absolute Gasteiger partial charge is 0.0622 e. The van der Waals surface area contributed by atoms with Crippen LogP contribution in [0.15, 0.2) is 182 Å². The number of hydrogen-bond acceptors (Lipinski definition) is 0. The van der Waals surface area contributed by atoms with Gasteiger partial charge in [0.05, 0.1) is 5.41 Å². The lowest BCUT2D eigenvalue weighted by Gasteiger charge is -2.32. The van der Waals surface area contributed by atoms with Gasteiger partial charge in [0, 0.05) is 0 Å². The molecule has 0 unspecified atom stereocenters. The van der Waals surface area contributed by atoms with E-state index in [0.717, 1.165) is 0 Å². The molecule has 12 rings (SSSR count). The van der Waals surface area contributed by atoms with E-state index in [9.17, 15) is 0 Å². The summed E-state index contributed by atoms with van der Waals surface area (Å²) in [6.45, 7) is 0. The topological polar surface area (TPSA) is 0 Å². The minimum atomic E-state index is -0.446. The van der Waals surface area contributed by atoms with E-state index < -0.39 is 5.41 Å². The van der Waals surface area contributed by atoms with Crippen molar-refractivity contribution in [3.8, 4) is 44.5 Å². The SMILES string of the molecule is c1ccc(-c2cccc3c4c(ccc23)-c2ccc(-c3cc5ccc6cccc7ccc(c3)c5c67)cc2C42c3ccccc3-c3ccccc32)cc1. The van der Waals surface area contributed by atoms with E-state index in [1.807, 2.05) is 0 Å². The molecule has 0 saturated heterocycles. The minimum Gasteiger partial charge on any atom is -0.0622 e. The van der Waals surface area contributed by atoms with Crippen LogP contribution in [0, 0.1) is 0 Å². The molecule has 0 amide bonds. The summed E-state index contributed by atoms with van der Waals surface area (Å²) in [5.41, 5.74) is 15.4. The zero-order valence-electron chi connectivity index (χ0n) is 27.8. The Labute approximate surface area is 296 Å². The van der Waals surface area contributed by atoms with Crippen molar-refractivity contribution in [1.82, 2.24) is 0 Å². The van der Waals surface area contributed by atoms with Gasteiger partial charge in [-0.1, -0.05) is 164 Å². The molecule has 0 aliphatic heterocycles. The summed E-state index contributed by atoms with van der Waals surface area (Å²) >= 11 is 0. The van der Waals surface area contributed by atoms with Crippen molar-refractivity contribution in [1.29, 1.82) is 0 Å². The van der Waals surface area contributed by atoms with Gasteiger partial charge in [-0.15, -0.1) is 0 Å². The average molecular weight is 643 g/mol. The first-order chi connectivity index (χ1) is 25.3. The maximum atomic E-state index is 2.52. The fourth-order valence-electron chi connectivity index (χ4n) is 9.97. The first-order valence-electron chi connectivity index (χ1n) is 17.9. The van der Waals surface area contributed by atoms with Crippen molar-refractivity contribution < 1.29 is 0 Å². The van der Waals surface area contributed by atoms with E-state index in [4.69, 9.17) is 0 Å². The van der Waals surface area contributed by atoms with Crippen molar-refractivity contribution in [2.75, 3.05) is 0 Å². The molecule has 0 aromatic heterocycles. The number of rotatable bonds is 2. The predicted molar refractivity (Wildman–Crippen MR) is 215 cm³/mol. The molecule has 0 atom stereocenters. The monoisotopic (exact) mass is 642 g/mol. The highest BCUT2D eigenvalue weighted by Crippen LogP contribution is 2.64. The maximum Gasteiger partial charge on any atom is 0.0731 e. The Hall–Kier alpha value is -6.50. The van der Waals surface area contributed by atoms with Crippen molar-refractivity contribution >= 4 is 43.1 Å². The van der Waals surface area contributed by atoms with Gasteiger partial charge in [-0.05, 0) is 128 Å². The molecule has 0 heteroatoms. The molecule has 2 aliphatic carbocycles. The van der Waals surface area contributed by atoms with E-state index in [2.05, 4.69) is 182 Å². The molecule has 10 aromatic carbocycles. The minimum absolute atomic E-state index is 0.446. The van der Waals surface area contributed by atoms with Gasteiger partial charge in [-0.2, -0.15) is 0 Å². The molecule has 0 saturated carbocycles. The lowest BCUT2D eigenvalue weighted by molar-refractivity contribution is 0.801. The largest absolute Gasteiger partial charge is 0.0731 e. The van der Waals surface area contributed by atoms with Gasteiger partial charge < -0.3 is 0 Å². The molecule has 0 nitrogen and oxygen atoms in total. The zero-order chi connectivity index (χ0) is 33.3. The fourth-order valence-corrected chi connectivity index (χ4v) is 9.97. The zero-order valence-corrected chi connectivity index (χ0v) is 27.8. The molecular weight excluding hydrogens is 613 g/mol. The van der Waals surface area contributed by atoms with E-state index in [1.54, 1.807) is 0 Å². The first kappa shape index (κ1) is 27.3. The molecule has 234 valence electrons. The van der Waals surface area contributed by atoms with E-state index in [0.29, 0.717) is 0 Å². The van der Waals surface area contributed by atoms with E-state index in [-0.39, 0.29) is 0 Å². The van der Waals surface area contributed by atoms with Crippen LogP contribution < -0.4 is 0 Å². The third-order valence-corrected chi connectivity index (χ3v) is 12.0. The number of hydrogen-bond donors (Lipinski definition) is 0. The Morgan fingerprint density at radius 1 is 0.275 bits per heavy atom. The highest BCUT2D eigenvalue weighted by molar-refractivity contribution is 6.23. The summed E-state index contributed by atoms with van der Waals surface area (Å²) < 4.78 is 0. The van der Waals surface area contributed by atoms with Crippen LogP contribution >= 0.6 is 0 Å². The highest BCUT2D eigenvalue weighted by Gasteiger charge is 2.52. The fraction of sp³-hybridized carbons (Fsp3) is 0.0196. The van der Waals surface area contributed by atoms with Gasteiger partial charge in [0.1, 0.15) is 0 Å². The van der Waals surface area contributed by atoms with Crippen molar-refractivity contribution in [3.63, 3.8) is 0 Å². The van der Waals surface area contributed by atoms with E-state index in [1.165, 1.54) is 110 Å². The standard InChI is InChI=1S/C51H30/c1-2-10-31(11-3-1)38-16-9-17-43-39(38)26-27-44-42-25-24-34(37-28-35-22-20-32-12-8-13-33-21-23-36(29-37)49(35)48(32)33)30-47(42)51(50(43)44)45-18-6-4-14-40(45)41-15-5-7-19-46(41)51/h1-30H. The molecule has 0 N–H and O–H groups in total. The molecule has 1 spiro atoms. The maximum absolute atomic E-state index is 2.52. The van der Waals surface area contributed by atoms with Gasteiger partial charge in [0.25, 0.3) is 0 Å². The first-order valence-corrected chi connectivity index (χ1v) is 17.9. The van der Waals surface area contributed by atoms with Crippen LogP contribution in [0.5, 0.6) is 0 Å². The van der Waals surface area contributed by atoms with Gasteiger partial charge in [-0.3, -0.25) is 0 Å². The molecule has 51 heavy (non-hydrogen) atoms. The average Bonchev–Trinajstić information content (AvgIpc) is 3.67. The Morgan fingerprint density at radius 2 is 0.843 bits per heavy atom. The van der Waals surface area contributed by atoms with Crippen molar-refractivity contribution in [2.45, 2.75) is 5.41 Å². The quantitative estimate of drug-likeness (QED) is 0.165. The Bertz CT molecular complexity index is 2960. The third-order valence-electron chi connectivity index (χ3n) is 12.0. The second kappa shape index (κ2) is 9.81. The Balaban J connectivity index is 1.18. The van der Waals surface area contributed by atoms with Gasteiger partial charge >= 0.3 is 0 Å². The van der Waals surface area contributed by atoms with Crippen LogP contribution in [0.3, 0.4) is 0 Å². The summed E-state index contributed by atoms with van der Waals surface area (Å²) in [7, 11) is 0. The molecule has 0 radical (unpaired) electrons. The molecule has 2 aliphatic rings. The van der Waals surface area contributed by atoms with Crippen LogP contribution in [-0.2, 0) is 5.41 Å². The van der Waals surface area contributed by atoms with Gasteiger partial charge in [0.15, 0.2) is 0 Å². The van der Waals surface area contributed by atoms with Gasteiger partial charge in [0.2, 0.25) is 0 Å². The van der Waals surface area contributed by atoms with Crippen LogP contribution in [-0.4, -0.2) is 0 Å². The van der Waals surface area contributed by atoms with Crippen molar-refractivity contribution in [2.24, 2.45) is 0 Å². The molecular formula is C51H30. The van der Waals surface area contributed by atoms with Crippen LogP contribution in [0.2, 0.25) is 0 Å². The second-order valence-corrected chi connectivity index (χ2v) is 14.4. The predicted octanol–water partition coefficient (Wildman–Crippen LogP) is 13.4. The van der Waals surface area contributed by atoms with Crippen LogP contribution in [0.25, 0.3) is 87.6 Å². The lowest BCUT2D eigenvalue weighted by Crippen LogP contribution is -2.26. The highest BCUT2D eigenvalue weighted by atomic mass is 14.5. The number of benzene rings is 10. The lowest BCUT2D eigenvalue weighted by atomic mass is 9.69. The van der Waals surface area contributed by atoms with Crippen LogP contribution in [0.1, 0.15) is 22.3 Å². The molecule has 10 aromatic rings. The van der Waals surface area contributed by atoms with E-state index >= 15 is 0 Å². The summed E-state index contributed by atoms with van der Waals surface area (Å²) in [5.74, 6) is 0. The van der Waals surface area contributed by atoms with Crippen LogP contribution in [0.4, 0.5) is 0 Å². The molecule has 0 heterocycles. The van der Waals surface area contributed by atoms with Gasteiger partial charge in [-0.25, -0.2) is 0 Å². The molecule has 0 bridgehead atoms. The summed E-state index contributed by atoms with van der Waals surface area (Å²) in [4.78, 5) is 0. The summed E-state index contributed by atoms with van der Waals surface area (Å²) in [6, 6.07) is 68.6. The Morgan fingerprint density at radius 3 is 1.57 bits per heavy atom. The van der Waals surface area contributed by atoms with Crippen molar-refractivity contribution in [3.05, 3.63) is 204 Å². The molecule has 0 fully saturated rings. The summed E-state index contributed by atoms with van der Waals surface area (Å²) in [6.07, 6.45) is 0. The summed E-state index contributed by atoms with van der Waals surface area (Å²) in [5, 5.41) is 10.5. The third kappa shape index (κ3) is 3.44. The second-order valence-electron chi connectivity index (χ2n) is 14.4. The number of fused-ring (bicyclic) bond motifs is 12.